The van der Waals surface area contributed by atoms with Gasteiger partial charge in [0.25, 0.3) is 0 Å². The molecule has 2 aliphatic rings. The molecule has 3 rings (SSSR count). The molecule has 0 bridgehead atoms. The lowest BCUT2D eigenvalue weighted by atomic mass is 10.2. The molecule has 7 heteroatoms. The Morgan fingerprint density at radius 2 is 1.81 bits per heavy atom. The summed E-state index contributed by atoms with van der Waals surface area (Å²) in [4.78, 5) is 0. The van der Waals surface area contributed by atoms with Crippen molar-refractivity contribution < 1.29 is 17.9 Å². The van der Waals surface area contributed by atoms with E-state index < -0.39 is 10.0 Å². The number of ether oxygens (including phenoxy) is 2. The van der Waals surface area contributed by atoms with E-state index in [1.807, 2.05) is 0 Å². The number of fused-ring (bicyclic) bond motifs is 1. The Balaban J connectivity index is 1.76. The highest BCUT2D eigenvalue weighted by molar-refractivity contribution is 7.93. The van der Waals surface area contributed by atoms with E-state index in [4.69, 9.17) is 9.47 Å². The molecule has 2 aliphatic heterocycles. The number of nitrogens with one attached hydrogen (secondary N) is 2. The second-order valence-corrected chi connectivity index (χ2v) is 7.27. The summed E-state index contributed by atoms with van der Waals surface area (Å²) in [6.45, 7) is 2.68. The lowest BCUT2D eigenvalue weighted by Crippen LogP contribution is -2.38. The summed E-state index contributed by atoms with van der Waals surface area (Å²) in [5.74, 6) is 1.26. The second-order valence-electron chi connectivity index (χ2n) is 5.31. The first-order valence-corrected chi connectivity index (χ1v) is 8.82. The van der Waals surface area contributed by atoms with Crippen LogP contribution in [0.1, 0.15) is 19.3 Å². The summed E-state index contributed by atoms with van der Waals surface area (Å²) < 4.78 is 38.5. The summed E-state index contributed by atoms with van der Waals surface area (Å²) in [7, 11) is -3.36. The molecule has 1 aromatic rings. The molecule has 0 amide bonds. The van der Waals surface area contributed by atoms with Crippen LogP contribution in [0.25, 0.3) is 0 Å². The van der Waals surface area contributed by atoms with Gasteiger partial charge in [-0.25, -0.2) is 8.42 Å². The van der Waals surface area contributed by atoms with Crippen LogP contribution in [0, 0.1) is 0 Å². The second kappa shape index (κ2) is 6.11. The maximum atomic E-state index is 12.4. The molecule has 0 aromatic heterocycles. The Hall–Kier alpha value is -1.47. The molecule has 1 saturated heterocycles. The fraction of sp³-hybridized carbons (Fsp3) is 0.571. The van der Waals surface area contributed by atoms with Gasteiger partial charge in [-0.05, 0) is 38.1 Å². The van der Waals surface area contributed by atoms with Crippen molar-refractivity contribution in [3.05, 3.63) is 18.2 Å². The third-order valence-electron chi connectivity index (χ3n) is 3.73. The Morgan fingerprint density at radius 3 is 2.57 bits per heavy atom. The highest BCUT2D eigenvalue weighted by Crippen LogP contribution is 2.33. The first-order chi connectivity index (χ1) is 10.1. The van der Waals surface area contributed by atoms with Crippen LogP contribution in [0.3, 0.4) is 0 Å². The molecule has 6 nitrogen and oxygen atoms in total. The standard InChI is InChI=1S/C14H20N2O4S/c17-21(18,12-4-6-15-7-5-12)16-11-2-3-13-14(10-11)20-9-1-8-19-13/h2-3,10,12,15-16H,1,4-9H2. The van der Waals surface area contributed by atoms with E-state index in [1.165, 1.54) is 0 Å². The van der Waals surface area contributed by atoms with Crippen molar-refractivity contribution in [2.75, 3.05) is 31.0 Å². The summed E-state index contributed by atoms with van der Waals surface area (Å²) in [5, 5.41) is 2.83. The molecular formula is C14H20N2O4S. The van der Waals surface area contributed by atoms with Crippen LogP contribution in [0.5, 0.6) is 11.5 Å². The van der Waals surface area contributed by atoms with Gasteiger partial charge in [0.15, 0.2) is 11.5 Å². The predicted octanol–water partition coefficient (Wildman–Crippen LogP) is 1.34. The van der Waals surface area contributed by atoms with Gasteiger partial charge in [0.05, 0.1) is 24.2 Å². The van der Waals surface area contributed by atoms with Crippen molar-refractivity contribution in [3.63, 3.8) is 0 Å². The molecule has 0 saturated carbocycles. The molecule has 0 spiro atoms. The minimum atomic E-state index is -3.36. The highest BCUT2D eigenvalue weighted by Gasteiger charge is 2.27. The molecule has 21 heavy (non-hydrogen) atoms. The van der Waals surface area contributed by atoms with Gasteiger partial charge in [-0.2, -0.15) is 0 Å². The third-order valence-corrected chi connectivity index (χ3v) is 5.60. The van der Waals surface area contributed by atoms with Gasteiger partial charge in [-0.3, -0.25) is 4.72 Å². The van der Waals surface area contributed by atoms with Crippen LogP contribution in [0.4, 0.5) is 5.69 Å². The van der Waals surface area contributed by atoms with Crippen LogP contribution in [0.2, 0.25) is 0 Å². The average Bonchev–Trinajstić information content (AvgIpc) is 2.72. The Morgan fingerprint density at radius 1 is 1.10 bits per heavy atom. The van der Waals surface area contributed by atoms with E-state index in [2.05, 4.69) is 10.0 Å². The quantitative estimate of drug-likeness (QED) is 0.881. The van der Waals surface area contributed by atoms with Crippen LogP contribution in [-0.2, 0) is 10.0 Å². The van der Waals surface area contributed by atoms with Crippen molar-refractivity contribution in [2.24, 2.45) is 0 Å². The number of hydrogen-bond donors (Lipinski definition) is 2. The number of hydrogen-bond acceptors (Lipinski definition) is 5. The van der Waals surface area contributed by atoms with Gasteiger partial charge in [0.1, 0.15) is 0 Å². The van der Waals surface area contributed by atoms with E-state index in [-0.39, 0.29) is 5.25 Å². The van der Waals surface area contributed by atoms with E-state index in [1.54, 1.807) is 18.2 Å². The van der Waals surface area contributed by atoms with E-state index >= 15 is 0 Å². The van der Waals surface area contributed by atoms with Gasteiger partial charge in [-0.1, -0.05) is 0 Å². The maximum absolute atomic E-state index is 12.4. The molecule has 116 valence electrons. The molecule has 1 fully saturated rings. The molecular weight excluding hydrogens is 292 g/mol. The van der Waals surface area contributed by atoms with Gasteiger partial charge < -0.3 is 14.8 Å². The van der Waals surface area contributed by atoms with Crippen LogP contribution < -0.4 is 19.5 Å². The molecule has 2 heterocycles. The van der Waals surface area contributed by atoms with E-state index in [9.17, 15) is 8.42 Å². The Bertz CT molecular complexity index is 597. The molecule has 0 radical (unpaired) electrons. The number of benzene rings is 1. The summed E-state index contributed by atoms with van der Waals surface area (Å²) in [6.07, 6.45) is 2.10. The minimum absolute atomic E-state index is 0.338. The maximum Gasteiger partial charge on any atom is 0.235 e. The van der Waals surface area contributed by atoms with Crippen molar-refractivity contribution in [3.8, 4) is 11.5 Å². The normalized spacial score (nSPS) is 19.8. The van der Waals surface area contributed by atoms with Gasteiger partial charge in [-0.15, -0.1) is 0 Å². The fourth-order valence-electron chi connectivity index (χ4n) is 2.58. The van der Waals surface area contributed by atoms with Crippen molar-refractivity contribution >= 4 is 15.7 Å². The minimum Gasteiger partial charge on any atom is -0.490 e. The highest BCUT2D eigenvalue weighted by atomic mass is 32.2. The van der Waals surface area contributed by atoms with E-state index in [0.29, 0.717) is 43.2 Å². The average molecular weight is 312 g/mol. The van der Waals surface area contributed by atoms with Gasteiger partial charge in [0, 0.05) is 12.5 Å². The van der Waals surface area contributed by atoms with Crippen LogP contribution >= 0.6 is 0 Å². The van der Waals surface area contributed by atoms with Crippen LogP contribution in [0.15, 0.2) is 18.2 Å². The number of anilines is 1. The molecule has 1 aromatic carbocycles. The number of piperidine rings is 1. The molecule has 2 N–H and O–H groups in total. The lowest BCUT2D eigenvalue weighted by molar-refractivity contribution is 0.297. The molecule has 0 atom stereocenters. The smallest absolute Gasteiger partial charge is 0.235 e. The van der Waals surface area contributed by atoms with E-state index in [0.717, 1.165) is 19.5 Å². The lowest BCUT2D eigenvalue weighted by Gasteiger charge is -2.23. The van der Waals surface area contributed by atoms with Crippen molar-refractivity contribution in [1.29, 1.82) is 0 Å². The zero-order valence-corrected chi connectivity index (χ0v) is 12.6. The SMILES string of the molecule is O=S(=O)(Nc1ccc2c(c1)OCCCO2)C1CCNCC1. The fourth-order valence-corrected chi connectivity index (χ4v) is 4.06. The summed E-state index contributed by atoms with van der Waals surface area (Å²) in [5.41, 5.74) is 0.526. The van der Waals surface area contributed by atoms with Crippen molar-refractivity contribution in [1.82, 2.24) is 5.32 Å². The predicted molar refractivity (Wildman–Crippen MR) is 80.5 cm³/mol. The number of sulfonamides is 1. The Labute approximate surface area is 124 Å². The van der Waals surface area contributed by atoms with Crippen molar-refractivity contribution in [2.45, 2.75) is 24.5 Å². The van der Waals surface area contributed by atoms with Gasteiger partial charge >= 0.3 is 0 Å². The topological polar surface area (TPSA) is 76.7 Å². The Kier molecular flexibility index (Phi) is 4.21. The third kappa shape index (κ3) is 3.41. The monoisotopic (exact) mass is 312 g/mol. The summed E-state index contributed by atoms with van der Waals surface area (Å²) in [6, 6.07) is 5.16. The zero-order valence-electron chi connectivity index (χ0n) is 11.8. The van der Waals surface area contributed by atoms with Gasteiger partial charge in [0.2, 0.25) is 10.0 Å². The van der Waals surface area contributed by atoms with Crippen LogP contribution in [-0.4, -0.2) is 40.0 Å². The first kappa shape index (κ1) is 14.5. The first-order valence-electron chi connectivity index (χ1n) is 7.27. The number of rotatable bonds is 3. The summed E-state index contributed by atoms with van der Waals surface area (Å²) >= 11 is 0. The molecule has 0 unspecified atom stereocenters. The zero-order chi connectivity index (χ0) is 14.7. The molecule has 0 aliphatic carbocycles. The largest absolute Gasteiger partial charge is 0.490 e.